The molecule has 0 N–H and O–H groups in total. The number of ether oxygens (including phenoxy) is 1. The van der Waals surface area contributed by atoms with Crippen LogP contribution in [0.5, 0.6) is 0 Å². The summed E-state index contributed by atoms with van der Waals surface area (Å²) in [5.41, 5.74) is 0. The van der Waals surface area contributed by atoms with Crippen molar-refractivity contribution in [1.29, 1.82) is 0 Å². The van der Waals surface area contributed by atoms with Gasteiger partial charge in [-0.15, -0.1) is 0 Å². The number of hydrogen-bond acceptors (Lipinski definition) is 1. The van der Waals surface area contributed by atoms with Crippen LogP contribution in [0.4, 0.5) is 0 Å². The molecule has 0 aliphatic carbocycles. The minimum atomic E-state index is 0. The molecule has 0 saturated carbocycles. The molecule has 0 aliphatic heterocycles. The van der Waals surface area contributed by atoms with Crippen LogP contribution >= 0.6 is 0 Å². The zero-order valence-electron chi connectivity index (χ0n) is 10.3. The SMILES string of the molecule is CCCCCOC(C)[N+](C)(C)CC.[Cl-]. The molecule has 2 nitrogen and oxygen atoms in total. The van der Waals surface area contributed by atoms with E-state index in [0.29, 0.717) is 6.23 Å². The van der Waals surface area contributed by atoms with Crippen molar-refractivity contribution in [3.05, 3.63) is 0 Å². The van der Waals surface area contributed by atoms with E-state index in [1.54, 1.807) is 0 Å². The molecule has 0 bridgehead atoms. The van der Waals surface area contributed by atoms with Crippen molar-refractivity contribution < 1.29 is 21.6 Å². The minimum absolute atomic E-state index is 0. The Balaban J connectivity index is 0. The van der Waals surface area contributed by atoms with E-state index in [4.69, 9.17) is 4.74 Å². The van der Waals surface area contributed by atoms with Crippen LogP contribution in [-0.4, -0.2) is 38.0 Å². The first kappa shape index (κ1) is 16.6. The Morgan fingerprint density at radius 3 is 2.14 bits per heavy atom. The van der Waals surface area contributed by atoms with Gasteiger partial charge < -0.3 is 21.6 Å². The monoisotopic (exact) mass is 223 g/mol. The van der Waals surface area contributed by atoms with Crippen LogP contribution in [0.2, 0.25) is 0 Å². The number of nitrogens with zero attached hydrogens (tertiary/aromatic N) is 1. The van der Waals surface area contributed by atoms with Crippen LogP contribution in [0.1, 0.15) is 40.0 Å². The third-order valence-corrected chi connectivity index (χ3v) is 2.91. The first-order valence-electron chi connectivity index (χ1n) is 5.48. The molecular formula is C11H26ClNO. The fourth-order valence-corrected chi connectivity index (χ4v) is 1.06. The summed E-state index contributed by atoms with van der Waals surface area (Å²) in [4.78, 5) is 0. The second-order valence-corrected chi connectivity index (χ2v) is 4.27. The summed E-state index contributed by atoms with van der Waals surface area (Å²) in [6, 6.07) is 0. The van der Waals surface area contributed by atoms with Crippen molar-refractivity contribution in [3.8, 4) is 0 Å². The molecular weight excluding hydrogens is 198 g/mol. The first-order valence-corrected chi connectivity index (χ1v) is 5.48. The Kier molecular flexibility index (Phi) is 10.1. The summed E-state index contributed by atoms with van der Waals surface area (Å²) in [6.45, 7) is 8.61. The summed E-state index contributed by atoms with van der Waals surface area (Å²) in [5, 5.41) is 0. The molecule has 0 aliphatic rings. The van der Waals surface area contributed by atoms with Gasteiger partial charge in [-0.05, 0) is 13.3 Å². The smallest absolute Gasteiger partial charge is 0.189 e. The molecule has 14 heavy (non-hydrogen) atoms. The van der Waals surface area contributed by atoms with E-state index in [9.17, 15) is 0 Å². The zero-order chi connectivity index (χ0) is 10.3. The van der Waals surface area contributed by atoms with E-state index in [1.807, 2.05) is 0 Å². The molecule has 0 spiro atoms. The molecule has 88 valence electrons. The van der Waals surface area contributed by atoms with Crippen LogP contribution in [0.3, 0.4) is 0 Å². The van der Waals surface area contributed by atoms with E-state index in [1.165, 1.54) is 19.3 Å². The second-order valence-electron chi connectivity index (χ2n) is 4.27. The van der Waals surface area contributed by atoms with Crippen LogP contribution in [0.25, 0.3) is 0 Å². The van der Waals surface area contributed by atoms with Gasteiger partial charge in [0.25, 0.3) is 0 Å². The van der Waals surface area contributed by atoms with Crippen molar-refractivity contribution in [3.63, 3.8) is 0 Å². The molecule has 0 amide bonds. The summed E-state index contributed by atoms with van der Waals surface area (Å²) in [6.07, 6.45) is 4.07. The van der Waals surface area contributed by atoms with Gasteiger partial charge in [0.1, 0.15) is 0 Å². The second kappa shape index (κ2) is 8.51. The lowest BCUT2D eigenvalue weighted by Gasteiger charge is -2.34. The lowest BCUT2D eigenvalue weighted by atomic mass is 10.3. The van der Waals surface area contributed by atoms with E-state index in [-0.39, 0.29) is 12.4 Å². The number of unbranched alkanes of at least 4 members (excludes halogenated alkanes) is 2. The zero-order valence-corrected chi connectivity index (χ0v) is 11.1. The molecule has 0 fully saturated rings. The largest absolute Gasteiger partial charge is 1.00 e. The maximum absolute atomic E-state index is 5.77. The van der Waals surface area contributed by atoms with E-state index >= 15 is 0 Å². The summed E-state index contributed by atoms with van der Waals surface area (Å²) in [7, 11) is 4.43. The Labute approximate surface area is 95.6 Å². The van der Waals surface area contributed by atoms with Gasteiger partial charge >= 0.3 is 0 Å². The Morgan fingerprint density at radius 1 is 1.14 bits per heavy atom. The maximum atomic E-state index is 5.77. The Bertz CT molecular complexity index is 128. The average molecular weight is 224 g/mol. The topological polar surface area (TPSA) is 9.23 Å². The molecule has 0 aromatic heterocycles. The number of halogens is 1. The first-order chi connectivity index (χ1) is 6.04. The lowest BCUT2D eigenvalue weighted by Crippen LogP contribution is -3.00. The molecule has 0 radical (unpaired) electrons. The van der Waals surface area contributed by atoms with Gasteiger partial charge in [-0.3, -0.25) is 0 Å². The number of rotatable bonds is 7. The minimum Gasteiger partial charge on any atom is -1.00 e. The van der Waals surface area contributed by atoms with E-state index in [0.717, 1.165) is 17.6 Å². The summed E-state index contributed by atoms with van der Waals surface area (Å²) < 4.78 is 6.72. The highest BCUT2D eigenvalue weighted by Gasteiger charge is 2.21. The third-order valence-electron chi connectivity index (χ3n) is 2.91. The van der Waals surface area contributed by atoms with Crippen LogP contribution < -0.4 is 12.4 Å². The highest BCUT2D eigenvalue weighted by molar-refractivity contribution is 4.38. The van der Waals surface area contributed by atoms with Gasteiger partial charge in [0.05, 0.1) is 27.2 Å². The summed E-state index contributed by atoms with van der Waals surface area (Å²) >= 11 is 0. The molecule has 0 aromatic carbocycles. The maximum Gasteiger partial charge on any atom is 0.189 e. The fourth-order valence-electron chi connectivity index (χ4n) is 1.06. The van der Waals surface area contributed by atoms with Gasteiger partial charge in [0, 0.05) is 6.92 Å². The molecule has 0 saturated heterocycles. The highest BCUT2D eigenvalue weighted by atomic mass is 35.5. The third kappa shape index (κ3) is 6.63. The van der Waals surface area contributed by atoms with Gasteiger partial charge in [-0.2, -0.15) is 0 Å². The fraction of sp³-hybridized carbons (Fsp3) is 1.00. The van der Waals surface area contributed by atoms with Crippen LogP contribution in [0, 0.1) is 0 Å². The quantitative estimate of drug-likeness (QED) is 0.326. The highest BCUT2D eigenvalue weighted by Crippen LogP contribution is 2.08. The van der Waals surface area contributed by atoms with Gasteiger partial charge in [-0.1, -0.05) is 19.8 Å². The molecule has 1 atom stereocenters. The van der Waals surface area contributed by atoms with Crippen LogP contribution in [0.15, 0.2) is 0 Å². The molecule has 3 heteroatoms. The van der Waals surface area contributed by atoms with E-state index < -0.39 is 0 Å². The number of quaternary nitrogens is 1. The number of hydrogen-bond donors (Lipinski definition) is 0. The molecule has 0 rings (SSSR count). The standard InChI is InChI=1S/C11H26NO.ClH/c1-6-8-9-10-13-11(3)12(4,5)7-2;/h11H,6-10H2,1-5H3;1H/q+1;/p-1. The lowest BCUT2D eigenvalue weighted by molar-refractivity contribution is -0.933. The van der Waals surface area contributed by atoms with Crippen molar-refractivity contribution in [2.45, 2.75) is 46.3 Å². The summed E-state index contributed by atoms with van der Waals surface area (Å²) in [5.74, 6) is 0. The van der Waals surface area contributed by atoms with Crippen molar-refractivity contribution in [1.82, 2.24) is 0 Å². The van der Waals surface area contributed by atoms with Crippen LogP contribution in [-0.2, 0) is 4.74 Å². The Hall–Kier alpha value is 0.210. The van der Waals surface area contributed by atoms with E-state index in [2.05, 4.69) is 34.9 Å². The van der Waals surface area contributed by atoms with Gasteiger partial charge in [0.2, 0.25) is 0 Å². The molecule has 0 heterocycles. The van der Waals surface area contributed by atoms with Crippen molar-refractivity contribution in [2.75, 3.05) is 27.2 Å². The predicted molar refractivity (Wildman–Crippen MR) is 57.6 cm³/mol. The van der Waals surface area contributed by atoms with Gasteiger partial charge in [0.15, 0.2) is 6.23 Å². The van der Waals surface area contributed by atoms with Crippen molar-refractivity contribution in [2.24, 2.45) is 0 Å². The molecule has 1 unspecified atom stereocenters. The molecule has 0 aromatic rings. The van der Waals surface area contributed by atoms with Gasteiger partial charge in [-0.25, -0.2) is 0 Å². The average Bonchev–Trinajstić information content (AvgIpc) is 2.12. The predicted octanol–water partition coefficient (Wildman–Crippen LogP) is -0.360. The Morgan fingerprint density at radius 2 is 1.71 bits per heavy atom. The van der Waals surface area contributed by atoms with Crippen molar-refractivity contribution >= 4 is 0 Å². The normalized spacial score (nSPS) is 13.5.